The molecule has 0 saturated heterocycles. The molecule has 2 aromatic rings. The molecule has 1 aromatic heterocycles. The van der Waals surface area contributed by atoms with Crippen LogP contribution in [0, 0.1) is 20.8 Å². The highest BCUT2D eigenvalue weighted by Gasteiger charge is 2.20. The monoisotopic (exact) mass is 285 g/mol. The molecule has 112 valence electrons. The molecule has 1 unspecified atom stereocenters. The van der Waals surface area contributed by atoms with Crippen molar-refractivity contribution < 1.29 is 4.79 Å². The van der Waals surface area contributed by atoms with E-state index in [2.05, 4.69) is 48.5 Å². The summed E-state index contributed by atoms with van der Waals surface area (Å²) >= 11 is 0. The van der Waals surface area contributed by atoms with Crippen LogP contribution in [0.2, 0.25) is 0 Å². The molecular weight excluding hydrogens is 262 g/mol. The van der Waals surface area contributed by atoms with E-state index in [1.54, 1.807) is 4.68 Å². The largest absolute Gasteiger partial charge is 0.345 e. The highest BCUT2D eigenvalue weighted by molar-refractivity contribution is 5.96. The van der Waals surface area contributed by atoms with Gasteiger partial charge in [0.15, 0.2) is 0 Å². The van der Waals surface area contributed by atoms with Crippen molar-refractivity contribution in [1.29, 1.82) is 0 Å². The van der Waals surface area contributed by atoms with Crippen LogP contribution in [0.3, 0.4) is 0 Å². The van der Waals surface area contributed by atoms with Gasteiger partial charge in [0.05, 0.1) is 17.3 Å². The lowest BCUT2D eigenvalue weighted by Crippen LogP contribution is -2.29. The maximum Gasteiger partial charge on any atom is 0.255 e. The van der Waals surface area contributed by atoms with Gasteiger partial charge in [-0.1, -0.05) is 36.8 Å². The van der Waals surface area contributed by atoms with Crippen molar-refractivity contribution in [1.82, 2.24) is 15.1 Å². The molecular formula is C17H23N3O. The molecule has 1 N–H and O–H groups in total. The van der Waals surface area contributed by atoms with E-state index in [0.717, 1.165) is 23.4 Å². The van der Waals surface area contributed by atoms with E-state index in [1.807, 2.05) is 20.9 Å². The maximum atomic E-state index is 12.5. The summed E-state index contributed by atoms with van der Waals surface area (Å²) in [5.74, 6) is -0.0504. The van der Waals surface area contributed by atoms with Gasteiger partial charge in [-0.3, -0.25) is 9.48 Å². The van der Waals surface area contributed by atoms with Gasteiger partial charge in [-0.15, -0.1) is 0 Å². The molecule has 4 nitrogen and oxygen atoms in total. The fraction of sp³-hybridized carbons (Fsp3) is 0.412. The molecule has 0 aliphatic rings. The molecule has 0 spiro atoms. The topological polar surface area (TPSA) is 46.9 Å². The van der Waals surface area contributed by atoms with Crippen molar-refractivity contribution in [2.75, 3.05) is 0 Å². The van der Waals surface area contributed by atoms with Crippen molar-refractivity contribution in [2.45, 2.75) is 40.2 Å². The first-order valence-corrected chi connectivity index (χ1v) is 7.31. The molecule has 1 amide bonds. The van der Waals surface area contributed by atoms with Crippen molar-refractivity contribution in [3.8, 4) is 0 Å². The second-order valence-corrected chi connectivity index (χ2v) is 5.51. The predicted molar refractivity (Wildman–Crippen MR) is 84.4 cm³/mol. The van der Waals surface area contributed by atoms with E-state index in [-0.39, 0.29) is 11.9 Å². The quantitative estimate of drug-likeness (QED) is 0.937. The molecule has 4 heteroatoms. The first kappa shape index (κ1) is 15.3. The first-order valence-electron chi connectivity index (χ1n) is 7.31. The number of hydrogen-bond donors (Lipinski definition) is 1. The number of aromatic nitrogens is 2. The van der Waals surface area contributed by atoms with Crippen LogP contribution >= 0.6 is 0 Å². The Balaban J connectivity index is 2.22. The summed E-state index contributed by atoms with van der Waals surface area (Å²) in [4.78, 5) is 12.5. The molecule has 0 fully saturated rings. The lowest BCUT2D eigenvalue weighted by Gasteiger charge is -2.18. The minimum absolute atomic E-state index is 0.0251. The smallest absolute Gasteiger partial charge is 0.255 e. The Morgan fingerprint density at radius 1 is 1.24 bits per heavy atom. The van der Waals surface area contributed by atoms with E-state index in [9.17, 15) is 4.79 Å². The van der Waals surface area contributed by atoms with E-state index in [1.165, 1.54) is 5.56 Å². The van der Waals surface area contributed by atoms with E-state index in [4.69, 9.17) is 0 Å². The fourth-order valence-corrected chi connectivity index (χ4v) is 2.55. The normalized spacial score (nSPS) is 12.2. The summed E-state index contributed by atoms with van der Waals surface area (Å²) < 4.78 is 1.75. The zero-order chi connectivity index (χ0) is 15.6. The molecule has 1 atom stereocenters. The lowest BCUT2D eigenvalue weighted by molar-refractivity contribution is 0.0934. The van der Waals surface area contributed by atoms with Crippen molar-refractivity contribution in [2.24, 2.45) is 7.05 Å². The van der Waals surface area contributed by atoms with E-state index in [0.29, 0.717) is 5.56 Å². The second kappa shape index (κ2) is 6.12. The van der Waals surface area contributed by atoms with Crippen molar-refractivity contribution in [3.05, 3.63) is 52.3 Å². The molecule has 0 aliphatic carbocycles. The van der Waals surface area contributed by atoms with Gasteiger partial charge in [-0.2, -0.15) is 5.10 Å². The van der Waals surface area contributed by atoms with Crippen LogP contribution in [0.25, 0.3) is 0 Å². The summed E-state index contributed by atoms with van der Waals surface area (Å²) in [6.07, 6.45) is 0.854. The van der Waals surface area contributed by atoms with E-state index >= 15 is 0 Å². The third-order valence-corrected chi connectivity index (χ3v) is 3.93. The standard InChI is InChI=1S/C17H23N3O/c1-6-15(14-9-7-11(2)8-10-14)18-17(21)16-12(3)19-20(5)13(16)4/h7-10,15H,6H2,1-5H3,(H,18,21). The number of hydrogen-bond acceptors (Lipinski definition) is 2. The number of amides is 1. The van der Waals surface area contributed by atoms with Gasteiger partial charge in [-0.05, 0) is 32.8 Å². The van der Waals surface area contributed by atoms with Gasteiger partial charge >= 0.3 is 0 Å². The maximum absolute atomic E-state index is 12.5. The predicted octanol–water partition coefficient (Wildman–Crippen LogP) is 3.23. The van der Waals surface area contributed by atoms with Gasteiger partial charge < -0.3 is 5.32 Å². The van der Waals surface area contributed by atoms with Gasteiger partial charge in [-0.25, -0.2) is 0 Å². The van der Waals surface area contributed by atoms with Crippen LogP contribution in [0.5, 0.6) is 0 Å². The van der Waals surface area contributed by atoms with Crippen molar-refractivity contribution >= 4 is 5.91 Å². The average Bonchev–Trinajstić information content (AvgIpc) is 2.70. The van der Waals surface area contributed by atoms with Crippen LogP contribution in [-0.2, 0) is 7.05 Å². The number of carbonyl (C=O) groups excluding carboxylic acids is 1. The first-order chi connectivity index (χ1) is 9.93. The SMILES string of the molecule is CCC(NC(=O)c1c(C)nn(C)c1C)c1ccc(C)cc1. The molecule has 0 bridgehead atoms. The van der Waals surface area contributed by atoms with Crippen LogP contribution in [-0.4, -0.2) is 15.7 Å². The molecule has 0 aliphatic heterocycles. The zero-order valence-electron chi connectivity index (χ0n) is 13.4. The van der Waals surface area contributed by atoms with Crippen LogP contribution in [0.1, 0.15) is 52.3 Å². The molecule has 21 heavy (non-hydrogen) atoms. The number of aryl methyl sites for hydroxylation is 3. The molecule has 1 aromatic carbocycles. The summed E-state index contributed by atoms with van der Waals surface area (Å²) in [6.45, 7) is 7.93. The Hall–Kier alpha value is -2.10. The Kier molecular flexibility index (Phi) is 4.46. The molecule has 0 saturated carbocycles. The summed E-state index contributed by atoms with van der Waals surface area (Å²) in [6, 6.07) is 8.33. The van der Waals surface area contributed by atoms with Gasteiger partial charge in [0.1, 0.15) is 0 Å². The summed E-state index contributed by atoms with van der Waals surface area (Å²) in [5.41, 5.74) is 4.70. The minimum atomic E-state index is -0.0504. The molecule has 1 heterocycles. The average molecular weight is 285 g/mol. The number of nitrogens with one attached hydrogen (secondary N) is 1. The Morgan fingerprint density at radius 3 is 2.33 bits per heavy atom. The molecule has 0 radical (unpaired) electrons. The Labute approximate surface area is 126 Å². The third kappa shape index (κ3) is 3.15. The summed E-state index contributed by atoms with van der Waals surface area (Å²) in [5, 5.41) is 7.43. The Bertz CT molecular complexity index is 641. The highest BCUT2D eigenvalue weighted by Crippen LogP contribution is 2.19. The molecule has 2 rings (SSSR count). The number of carbonyl (C=O) groups is 1. The van der Waals surface area contributed by atoms with Gasteiger partial charge in [0.25, 0.3) is 5.91 Å². The Morgan fingerprint density at radius 2 is 1.86 bits per heavy atom. The van der Waals surface area contributed by atoms with E-state index < -0.39 is 0 Å². The number of rotatable bonds is 4. The highest BCUT2D eigenvalue weighted by atomic mass is 16.1. The van der Waals surface area contributed by atoms with Gasteiger partial charge in [0.2, 0.25) is 0 Å². The van der Waals surface area contributed by atoms with Crippen molar-refractivity contribution in [3.63, 3.8) is 0 Å². The summed E-state index contributed by atoms with van der Waals surface area (Å²) in [7, 11) is 1.86. The zero-order valence-corrected chi connectivity index (χ0v) is 13.4. The fourth-order valence-electron chi connectivity index (χ4n) is 2.55. The number of nitrogens with zero attached hydrogens (tertiary/aromatic N) is 2. The van der Waals surface area contributed by atoms with Crippen LogP contribution in [0.4, 0.5) is 0 Å². The van der Waals surface area contributed by atoms with Gasteiger partial charge in [0, 0.05) is 12.7 Å². The van der Waals surface area contributed by atoms with Crippen LogP contribution < -0.4 is 5.32 Å². The minimum Gasteiger partial charge on any atom is -0.345 e. The lowest BCUT2D eigenvalue weighted by atomic mass is 10.0. The number of benzene rings is 1. The third-order valence-electron chi connectivity index (χ3n) is 3.93. The van der Waals surface area contributed by atoms with Crippen LogP contribution in [0.15, 0.2) is 24.3 Å². The second-order valence-electron chi connectivity index (χ2n) is 5.51.